The molecule has 34 heavy (non-hydrogen) atoms. The van der Waals surface area contributed by atoms with Crippen LogP contribution in [0.5, 0.6) is 0 Å². The molecule has 1 atom stereocenters. The first kappa shape index (κ1) is 24.6. The number of amides is 3. The van der Waals surface area contributed by atoms with Gasteiger partial charge in [-0.2, -0.15) is 13.2 Å². The molecule has 9 nitrogen and oxygen atoms in total. The highest BCUT2D eigenvalue weighted by molar-refractivity contribution is 5.90. The molecule has 0 saturated heterocycles. The number of aliphatic carboxylic acids is 1. The van der Waals surface area contributed by atoms with Crippen LogP contribution in [-0.4, -0.2) is 60.9 Å². The minimum atomic E-state index is -5.17. The predicted octanol–water partition coefficient (Wildman–Crippen LogP) is 1.77. The number of carboxylic acid groups (broad SMARTS) is 1. The summed E-state index contributed by atoms with van der Waals surface area (Å²) in [6, 6.07) is 11.8. The van der Waals surface area contributed by atoms with Crippen molar-refractivity contribution in [2.24, 2.45) is 0 Å². The molecule has 2 aromatic carbocycles. The number of ether oxygens (including phenoxy) is 1. The van der Waals surface area contributed by atoms with Crippen LogP contribution in [0.25, 0.3) is 11.1 Å². The van der Waals surface area contributed by atoms with Gasteiger partial charge in [-0.25, -0.2) is 4.79 Å². The Bertz CT molecular complexity index is 1060. The van der Waals surface area contributed by atoms with Gasteiger partial charge in [-0.05, 0) is 22.3 Å². The van der Waals surface area contributed by atoms with Gasteiger partial charge < -0.3 is 25.8 Å². The lowest BCUT2D eigenvalue weighted by molar-refractivity contribution is -0.167. The normalized spacial score (nSPS) is 13.3. The van der Waals surface area contributed by atoms with Crippen LogP contribution in [0.15, 0.2) is 48.5 Å². The lowest BCUT2D eigenvalue weighted by atomic mass is 9.98. The third kappa shape index (κ3) is 5.82. The second kappa shape index (κ2) is 10.2. The average molecular weight is 479 g/mol. The van der Waals surface area contributed by atoms with Crippen molar-refractivity contribution in [3.8, 4) is 11.1 Å². The van der Waals surface area contributed by atoms with E-state index < -0.39 is 55.1 Å². The quantitative estimate of drug-likeness (QED) is 0.456. The maximum Gasteiger partial charge on any atom is 0.417 e. The number of alkyl carbamates (subject to hydrolysis) is 1. The Balaban J connectivity index is 1.61. The number of carbonyl (C=O) groups excluding carboxylic acids is 3. The third-order valence-electron chi connectivity index (χ3n) is 5.06. The fourth-order valence-corrected chi connectivity index (χ4v) is 3.56. The summed E-state index contributed by atoms with van der Waals surface area (Å²) in [7, 11) is 0. The maximum atomic E-state index is 13.3. The fraction of sp³-hybridized carbons (Fsp3) is 0.273. The molecule has 2 aromatic rings. The summed E-state index contributed by atoms with van der Waals surface area (Å²) in [5.41, 5.74) is 3.57. The summed E-state index contributed by atoms with van der Waals surface area (Å²) in [5, 5.41) is 13.5. The first-order chi connectivity index (χ1) is 16.1. The minimum Gasteiger partial charge on any atom is -0.480 e. The van der Waals surface area contributed by atoms with Crippen molar-refractivity contribution >= 4 is 23.9 Å². The highest BCUT2D eigenvalue weighted by Gasteiger charge is 2.46. The average Bonchev–Trinajstić information content (AvgIpc) is 3.11. The first-order valence-corrected chi connectivity index (χ1v) is 10.0. The van der Waals surface area contributed by atoms with Gasteiger partial charge in [0.05, 0.1) is 6.54 Å². The van der Waals surface area contributed by atoms with E-state index in [1.165, 1.54) is 5.32 Å². The topological polar surface area (TPSA) is 134 Å². The van der Waals surface area contributed by atoms with Gasteiger partial charge in [0.15, 0.2) is 0 Å². The molecule has 0 aromatic heterocycles. The predicted molar refractivity (Wildman–Crippen MR) is 112 cm³/mol. The van der Waals surface area contributed by atoms with Crippen molar-refractivity contribution in [2.75, 3.05) is 19.7 Å². The van der Waals surface area contributed by atoms with Gasteiger partial charge in [0.2, 0.25) is 11.9 Å². The van der Waals surface area contributed by atoms with Crippen LogP contribution in [0.2, 0.25) is 0 Å². The number of halogens is 3. The lowest BCUT2D eigenvalue weighted by Gasteiger charge is -2.21. The van der Waals surface area contributed by atoms with E-state index in [1.807, 2.05) is 41.7 Å². The Morgan fingerprint density at radius 3 is 2.00 bits per heavy atom. The zero-order valence-corrected chi connectivity index (χ0v) is 17.5. The summed E-state index contributed by atoms with van der Waals surface area (Å²) in [6.07, 6.45) is -6.64. The van der Waals surface area contributed by atoms with E-state index in [1.54, 1.807) is 17.4 Å². The van der Waals surface area contributed by atoms with Crippen molar-refractivity contribution in [3.63, 3.8) is 0 Å². The van der Waals surface area contributed by atoms with Crippen molar-refractivity contribution in [1.29, 1.82) is 0 Å². The molecule has 0 saturated carbocycles. The molecule has 0 aliphatic heterocycles. The molecule has 1 unspecified atom stereocenters. The molecule has 0 radical (unpaired) electrons. The van der Waals surface area contributed by atoms with E-state index in [0.717, 1.165) is 22.3 Å². The molecule has 0 heterocycles. The molecular formula is C22H20F3N3O6. The number of rotatable bonds is 8. The van der Waals surface area contributed by atoms with E-state index >= 15 is 0 Å². The van der Waals surface area contributed by atoms with Crippen LogP contribution >= 0.6 is 0 Å². The summed E-state index contributed by atoms with van der Waals surface area (Å²) >= 11 is 0. The van der Waals surface area contributed by atoms with Crippen molar-refractivity contribution in [2.45, 2.75) is 18.1 Å². The number of alkyl halides is 3. The van der Waals surface area contributed by atoms with E-state index in [0.29, 0.717) is 0 Å². The van der Waals surface area contributed by atoms with Crippen molar-refractivity contribution in [3.05, 3.63) is 59.7 Å². The number of carboxylic acids is 1. The number of hydrogen-bond donors (Lipinski definition) is 4. The van der Waals surface area contributed by atoms with Gasteiger partial charge in [0.1, 0.15) is 13.2 Å². The standard InChI is InChI=1S/C22H20F3N3O6/c23-22(24,25)19(20(32)27-9-17(29)26-10-18(30)31)28-21(33)34-11-16-14-7-3-1-5-12(14)13-6-2-4-8-15(13)16/h1-8,16,19H,9-11H2,(H,26,29)(H,27,32)(H,28,33)(H,30,31). The highest BCUT2D eigenvalue weighted by Crippen LogP contribution is 2.44. The lowest BCUT2D eigenvalue weighted by Crippen LogP contribution is -2.56. The highest BCUT2D eigenvalue weighted by atomic mass is 19.4. The van der Waals surface area contributed by atoms with Gasteiger partial charge in [0.25, 0.3) is 5.91 Å². The third-order valence-corrected chi connectivity index (χ3v) is 5.06. The number of fused-ring (bicyclic) bond motifs is 3. The Labute approximate surface area is 191 Å². The van der Waals surface area contributed by atoms with Crippen LogP contribution in [0.1, 0.15) is 17.0 Å². The van der Waals surface area contributed by atoms with E-state index in [9.17, 15) is 32.3 Å². The van der Waals surface area contributed by atoms with E-state index in [4.69, 9.17) is 9.84 Å². The van der Waals surface area contributed by atoms with Crippen LogP contribution in [0.4, 0.5) is 18.0 Å². The Kier molecular flexibility index (Phi) is 7.39. The van der Waals surface area contributed by atoms with E-state index in [-0.39, 0.29) is 6.61 Å². The minimum absolute atomic E-state index is 0.260. The second-order valence-electron chi connectivity index (χ2n) is 7.33. The number of carbonyl (C=O) groups is 4. The van der Waals surface area contributed by atoms with Gasteiger partial charge in [-0.15, -0.1) is 0 Å². The number of benzene rings is 2. The Morgan fingerprint density at radius 2 is 1.47 bits per heavy atom. The number of nitrogens with one attached hydrogen (secondary N) is 3. The van der Waals surface area contributed by atoms with E-state index in [2.05, 4.69) is 0 Å². The molecule has 3 amide bonds. The molecule has 4 N–H and O–H groups in total. The summed E-state index contributed by atoms with van der Waals surface area (Å²) < 4.78 is 45.0. The summed E-state index contributed by atoms with van der Waals surface area (Å²) in [6.45, 7) is -1.94. The van der Waals surface area contributed by atoms with Crippen molar-refractivity contribution < 1.29 is 42.2 Å². The molecular weight excluding hydrogens is 459 g/mol. The molecule has 180 valence electrons. The fourth-order valence-electron chi connectivity index (χ4n) is 3.56. The first-order valence-electron chi connectivity index (χ1n) is 10.0. The Hall–Kier alpha value is -4.09. The smallest absolute Gasteiger partial charge is 0.417 e. The van der Waals surface area contributed by atoms with Crippen LogP contribution in [0.3, 0.4) is 0 Å². The zero-order chi connectivity index (χ0) is 24.9. The molecule has 0 spiro atoms. The molecule has 0 fully saturated rings. The SMILES string of the molecule is O=C(O)CNC(=O)CNC(=O)C(NC(=O)OCC1c2ccccc2-c2ccccc21)C(F)(F)F. The molecule has 1 aliphatic rings. The summed E-state index contributed by atoms with van der Waals surface area (Å²) in [5.74, 6) is -4.48. The molecule has 1 aliphatic carbocycles. The van der Waals surface area contributed by atoms with Crippen LogP contribution in [0, 0.1) is 0 Å². The van der Waals surface area contributed by atoms with Gasteiger partial charge in [-0.3, -0.25) is 14.4 Å². The monoisotopic (exact) mass is 479 g/mol. The Morgan fingerprint density at radius 1 is 0.912 bits per heavy atom. The second-order valence-corrected chi connectivity index (χ2v) is 7.33. The molecule has 12 heteroatoms. The summed E-state index contributed by atoms with van der Waals surface area (Å²) in [4.78, 5) is 45.9. The van der Waals surface area contributed by atoms with Gasteiger partial charge in [-0.1, -0.05) is 48.5 Å². The van der Waals surface area contributed by atoms with Crippen molar-refractivity contribution in [1.82, 2.24) is 16.0 Å². The maximum absolute atomic E-state index is 13.3. The number of hydrogen-bond acceptors (Lipinski definition) is 5. The zero-order valence-electron chi connectivity index (χ0n) is 17.5. The van der Waals surface area contributed by atoms with Crippen LogP contribution in [-0.2, 0) is 19.1 Å². The van der Waals surface area contributed by atoms with Crippen LogP contribution < -0.4 is 16.0 Å². The molecule has 0 bridgehead atoms. The largest absolute Gasteiger partial charge is 0.480 e. The van der Waals surface area contributed by atoms with Gasteiger partial charge in [0, 0.05) is 5.92 Å². The van der Waals surface area contributed by atoms with Gasteiger partial charge >= 0.3 is 18.2 Å². The molecule has 3 rings (SSSR count).